The monoisotopic (exact) mass is 336 g/mol. The van der Waals surface area contributed by atoms with E-state index in [-0.39, 0.29) is 5.91 Å². The van der Waals surface area contributed by atoms with Gasteiger partial charge in [0, 0.05) is 33.6 Å². The van der Waals surface area contributed by atoms with Crippen LogP contribution in [-0.2, 0) is 17.3 Å². The number of H-pyrrole nitrogens is 1. The Bertz CT molecular complexity index is 775. The lowest BCUT2D eigenvalue weighted by atomic mass is 10.2. The van der Waals surface area contributed by atoms with Crippen LogP contribution in [0.25, 0.3) is 0 Å². The van der Waals surface area contributed by atoms with Crippen LogP contribution in [0.3, 0.4) is 0 Å². The Morgan fingerprint density at radius 3 is 2.73 bits per heavy atom. The molecule has 1 fully saturated rings. The van der Waals surface area contributed by atoms with Gasteiger partial charge in [0.05, 0.1) is 6.54 Å². The standard InChI is InChI=1S/C14H16N4O2S2/c1-22(20)11-6-2-9(3-7-11)13(19)15-8-12-16-17-14(21)18(12)10-4-5-10/h2-3,6-7,10H,4-5,8H2,1H3,(H,15,19)(H,17,21)/t22-/m1/s1. The van der Waals surface area contributed by atoms with Crippen LogP contribution < -0.4 is 5.32 Å². The molecule has 1 amide bonds. The Kier molecular flexibility index (Phi) is 4.21. The van der Waals surface area contributed by atoms with Crippen molar-refractivity contribution in [2.45, 2.75) is 30.3 Å². The van der Waals surface area contributed by atoms with Gasteiger partial charge in [0.1, 0.15) is 0 Å². The Balaban J connectivity index is 1.67. The van der Waals surface area contributed by atoms with Gasteiger partial charge in [-0.15, -0.1) is 0 Å². The number of hydrogen-bond acceptors (Lipinski definition) is 4. The number of amides is 1. The molecule has 0 unspecified atom stereocenters. The Hall–Kier alpha value is -1.80. The molecule has 0 radical (unpaired) electrons. The summed E-state index contributed by atoms with van der Waals surface area (Å²) in [6.45, 7) is 0.323. The van der Waals surface area contributed by atoms with E-state index >= 15 is 0 Å². The lowest BCUT2D eigenvalue weighted by Crippen LogP contribution is -2.24. The van der Waals surface area contributed by atoms with Crippen LogP contribution in [0.15, 0.2) is 29.2 Å². The molecule has 3 rings (SSSR count). The molecular formula is C14H16N4O2S2. The summed E-state index contributed by atoms with van der Waals surface area (Å²) in [6, 6.07) is 7.15. The molecule has 8 heteroatoms. The molecule has 2 aromatic rings. The van der Waals surface area contributed by atoms with E-state index in [1.165, 1.54) is 0 Å². The molecule has 0 aliphatic heterocycles. The minimum Gasteiger partial charge on any atom is -0.345 e. The zero-order valence-electron chi connectivity index (χ0n) is 12.0. The highest BCUT2D eigenvalue weighted by atomic mass is 32.2. The number of benzene rings is 1. The van der Waals surface area contributed by atoms with Crippen molar-refractivity contribution >= 4 is 28.9 Å². The van der Waals surface area contributed by atoms with Crippen molar-refractivity contribution in [3.63, 3.8) is 0 Å². The quantitative estimate of drug-likeness (QED) is 0.818. The molecule has 1 saturated carbocycles. The van der Waals surface area contributed by atoms with Gasteiger partial charge >= 0.3 is 0 Å². The molecule has 1 aromatic heterocycles. The van der Waals surface area contributed by atoms with E-state index in [9.17, 15) is 9.00 Å². The van der Waals surface area contributed by atoms with Gasteiger partial charge in [0.15, 0.2) is 10.6 Å². The number of nitrogens with one attached hydrogen (secondary N) is 2. The minimum absolute atomic E-state index is 0.190. The van der Waals surface area contributed by atoms with E-state index < -0.39 is 10.8 Å². The van der Waals surface area contributed by atoms with E-state index in [0.717, 1.165) is 18.7 Å². The van der Waals surface area contributed by atoms with Gasteiger partial charge in [-0.1, -0.05) is 0 Å². The zero-order valence-corrected chi connectivity index (χ0v) is 13.7. The first-order valence-corrected chi connectivity index (χ1v) is 8.90. The van der Waals surface area contributed by atoms with Gasteiger partial charge in [0.25, 0.3) is 5.91 Å². The van der Waals surface area contributed by atoms with Gasteiger partial charge in [0.2, 0.25) is 0 Å². The predicted octanol–water partition coefficient (Wildman–Crippen LogP) is 1.94. The zero-order chi connectivity index (χ0) is 15.7. The maximum Gasteiger partial charge on any atom is 0.251 e. The summed E-state index contributed by atoms with van der Waals surface area (Å²) in [5, 5.41) is 9.78. The summed E-state index contributed by atoms with van der Waals surface area (Å²) in [5.41, 5.74) is 0.529. The number of aromatic nitrogens is 3. The van der Waals surface area contributed by atoms with E-state index in [0.29, 0.717) is 27.8 Å². The van der Waals surface area contributed by atoms with Gasteiger partial charge < -0.3 is 5.32 Å². The predicted molar refractivity (Wildman–Crippen MR) is 85.6 cm³/mol. The summed E-state index contributed by atoms with van der Waals surface area (Å²) >= 11 is 5.20. The lowest BCUT2D eigenvalue weighted by Gasteiger charge is -2.07. The topological polar surface area (TPSA) is 79.8 Å². The number of aromatic amines is 1. The summed E-state index contributed by atoms with van der Waals surface area (Å²) in [5.74, 6) is 0.553. The van der Waals surface area contributed by atoms with Gasteiger partial charge in [-0.2, -0.15) is 5.10 Å². The average Bonchev–Trinajstić information content (AvgIpc) is 3.28. The van der Waals surface area contributed by atoms with Crippen molar-refractivity contribution in [1.82, 2.24) is 20.1 Å². The maximum atomic E-state index is 12.1. The minimum atomic E-state index is -1.04. The number of hydrogen-bond donors (Lipinski definition) is 2. The third-order valence-electron chi connectivity index (χ3n) is 3.54. The van der Waals surface area contributed by atoms with Crippen molar-refractivity contribution in [1.29, 1.82) is 0 Å². The summed E-state index contributed by atoms with van der Waals surface area (Å²) in [4.78, 5) is 12.8. The Morgan fingerprint density at radius 2 is 2.14 bits per heavy atom. The van der Waals surface area contributed by atoms with Crippen LogP contribution in [0.5, 0.6) is 0 Å². The molecular weight excluding hydrogens is 320 g/mol. The second-order valence-corrected chi connectivity index (χ2v) is 6.97. The average molecular weight is 336 g/mol. The maximum absolute atomic E-state index is 12.1. The lowest BCUT2D eigenvalue weighted by molar-refractivity contribution is 0.0949. The molecule has 0 spiro atoms. The summed E-state index contributed by atoms with van der Waals surface area (Å²) in [7, 11) is -1.04. The van der Waals surface area contributed by atoms with E-state index in [1.54, 1.807) is 30.5 Å². The fraction of sp³-hybridized carbons (Fsp3) is 0.357. The van der Waals surface area contributed by atoms with E-state index in [4.69, 9.17) is 12.2 Å². The second-order valence-electron chi connectivity index (χ2n) is 5.21. The van der Waals surface area contributed by atoms with Crippen LogP contribution in [0.1, 0.15) is 35.1 Å². The largest absolute Gasteiger partial charge is 0.345 e. The van der Waals surface area contributed by atoms with Crippen molar-refractivity contribution in [3.05, 3.63) is 40.4 Å². The third kappa shape index (κ3) is 3.17. The highest BCUT2D eigenvalue weighted by Gasteiger charge is 2.27. The first kappa shape index (κ1) is 15.1. The molecule has 22 heavy (non-hydrogen) atoms. The van der Waals surface area contributed by atoms with Gasteiger partial charge in [-0.25, -0.2) is 0 Å². The molecule has 0 bridgehead atoms. The van der Waals surface area contributed by atoms with Crippen LogP contribution in [0, 0.1) is 4.77 Å². The SMILES string of the molecule is C[S@@](=O)c1ccc(C(=O)NCc2n[nH]c(=S)n2C2CC2)cc1. The summed E-state index contributed by atoms with van der Waals surface area (Å²) in [6.07, 6.45) is 3.81. The highest BCUT2D eigenvalue weighted by molar-refractivity contribution is 7.84. The van der Waals surface area contributed by atoms with E-state index in [2.05, 4.69) is 15.5 Å². The van der Waals surface area contributed by atoms with E-state index in [1.807, 2.05) is 4.57 Å². The molecule has 1 heterocycles. The normalized spacial score (nSPS) is 15.5. The first-order valence-electron chi connectivity index (χ1n) is 6.93. The van der Waals surface area contributed by atoms with Crippen LogP contribution in [0.4, 0.5) is 0 Å². The molecule has 116 valence electrons. The van der Waals surface area contributed by atoms with Gasteiger partial charge in [-0.05, 0) is 49.3 Å². The molecule has 2 N–H and O–H groups in total. The molecule has 1 aliphatic rings. The van der Waals surface area contributed by atoms with Crippen molar-refractivity contribution in [3.8, 4) is 0 Å². The number of carbonyl (C=O) groups excluding carboxylic acids is 1. The molecule has 0 saturated heterocycles. The van der Waals surface area contributed by atoms with Crippen LogP contribution in [0.2, 0.25) is 0 Å². The third-order valence-corrected chi connectivity index (χ3v) is 4.77. The smallest absolute Gasteiger partial charge is 0.251 e. The fourth-order valence-corrected chi connectivity index (χ4v) is 3.05. The molecule has 1 atom stereocenters. The van der Waals surface area contributed by atoms with Crippen molar-refractivity contribution < 1.29 is 9.00 Å². The van der Waals surface area contributed by atoms with Crippen molar-refractivity contribution in [2.24, 2.45) is 0 Å². The van der Waals surface area contributed by atoms with Crippen LogP contribution >= 0.6 is 12.2 Å². The summed E-state index contributed by atoms with van der Waals surface area (Å²) < 4.78 is 13.9. The number of nitrogens with zero attached hydrogens (tertiary/aromatic N) is 2. The van der Waals surface area contributed by atoms with Crippen molar-refractivity contribution in [2.75, 3.05) is 6.26 Å². The first-order chi connectivity index (χ1) is 10.6. The molecule has 1 aromatic carbocycles. The highest BCUT2D eigenvalue weighted by Crippen LogP contribution is 2.35. The Morgan fingerprint density at radius 1 is 1.45 bits per heavy atom. The molecule has 1 aliphatic carbocycles. The second kappa shape index (κ2) is 6.13. The fourth-order valence-electron chi connectivity index (χ4n) is 2.23. The molecule has 6 nitrogen and oxygen atoms in total. The Labute approximate surface area is 135 Å². The number of rotatable bonds is 5. The number of carbonyl (C=O) groups is 1. The van der Waals surface area contributed by atoms with Crippen LogP contribution in [-0.4, -0.2) is 31.1 Å². The van der Waals surface area contributed by atoms with Gasteiger partial charge in [-0.3, -0.25) is 18.7 Å².